The molecule has 0 aliphatic heterocycles. The van der Waals surface area contributed by atoms with Gasteiger partial charge in [-0.1, -0.05) is 70.1 Å². The molecule has 0 aromatic heterocycles. The molecule has 0 saturated heterocycles. The molecule has 0 spiro atoms. The van der Waals surface area contributed by atoms with E-state index in [1.807, 2.05) is 0 Å². The van der Waals surface area contributed by atoms with Crippen molar-refractivity contribution in [2.75, 3.05) is 0 Å². The van der Waals surface area contributed by atoms with Gasteiger partial charge in [-0.05, 0) is 5.54 Å². The average molecular weight is 227 g/mol. The zero-order chi connectivity index (χ0) is 11.6. The number of rotatable bonds is 4. The topological polar surface area (TPSA) is 0 Å². The third-order valence-electron chi connectivity index (χ3n) is 2.92. The van der Waals surface area contributed by atoms with E-state index in [0.29, 0.717) is 0 Å². The van der Waals surface area contributed by atoms with Crippen LogP contribution in [0.5, 0.6) is 0 Å². The lowest BCUT2D eigenvalue weighted by Crippen LogP contribution is -2.25. The lowest BCUT2D eigenvalue weighted by atomic mass is 10.4. The summed E-state index contributed by atoms with van der Waals surface area (Å²) in [4.78, 5) is 0. The SMILES string of the molecule is C=C(/C=C/C(C)[Si](C)(C)C)[Si](C)(C)C. The third kappa shape index (κ3) is 4.96. The molecule has 0 aliphatic carbocycles. The zero-order valence-electron chi connectivity index (χ0n) is 10.9. The van der Waals surface area contributed by atoms with Gasteiger partial charge in [-0.2, -0.15) is 0 Å². The quantitative estimate of drug-likeness (QED) is 0.481. The van der Waals surface area contributed by atoms with Gasteiger partial charge in [0.15, 0.2) is 0 Å². The Balaban J connectivity index is 4.41. The zero-order valence-corrected chi connectivity index (χ0v) is 12.9. The van der Waals surface area contributed by atoms with Gasteiger partial charge in [0.05, 0.1) is 16.1 Å². The van der Waals surface area contributed by atoms with E-state index in [9.17, 15) is 0 Å². The average Bonchev–Trinajstić information content (AvgIpc) is 1.95. The van der Waals surface area contributed by atoms with Crippen LogP contribution >= 0.6 is 0 Å². The van der Waals surface area contributed by atoms with Crippen LogP contribution in [0.15, 0.2) is 23.9 Å². The van der Waals surface area contributed by atoms with E-state index in [4.69, 9.17) is 0 Å². The van der Waals surface area contributed by atoms with Crippen molar-refractivity contribution in [2.24, 2.45) is 0 Å². The molecule has 0 rings (SSSR count). The van der Waals surface area contributed by atoms with Crippen LogP contribution in [0.3, 0.4) is 0 Å². The van der Waals surface area contributed by atoms with Crippen molar-refractivity contribution in [3.63, 3.8) is 0 Å². The van der Waals surface area contributed by atoms with E-state index in [1.165, 1.54) is 5.20 Å². The Morgan fingerprint density at radius 3 is 1.79 bits per heavy atom. The summed E-state index contributed by atoms with van der Waals surface area (Å²) in [6.45, 7) is 20.8. The van der Waals surface area contributed by atoms with E-state index < -0.39 is 16.1 Å². The van der Waals surface area contributed by atoms with Crippen LogP contribution in [0.25, 0.3) is 0 Å². The van der Waals surface area contributed by atoms with Gasteiger partial charge >= 0.3 is 0 Å². The maximum Gasteiger partial charge on any atom is 0.0768 e. The lowest BCUT2D eigenvalue weighted by molar-refractivity contribution is 1.13. The first-order valence-corrected chi connectivity index (χ1v) is 12.5. The van der Waals surface area contributed by atoms with Gasteiger partial charge in [-0.15, -0.1) is 0 Å². The van der Waals surface area contributed by atoms with Gasteiger partial charge < -0.3 is 0 Å². The van der Waals surface area contributed by atoms with Crippen LogP contribution < -0.4 is 0 Å². The Labute approximate surface area is 92.1 Å². The molecule has 0 aromatic carbocycles. The van der Waals surface area contributed by atoms with Gasteiger partial charge in [-0.25, -0.2) is 0 Å². The first kappa shape index (κ1) is 13.9. The summed E-state index contributed by atoms with van der Waals surface area (Å²) in [5, 5.41) is 1.36. The predicted octanol–water partition coefficient (Wildman–Crippen LogP) is 4.70. The molecule has 1 unspecified atom stereocenters. The highest BCUT2D eigenvalue weighted by atomic mass is 28.3. The summed E-state index contributed by atoms with van der Waals surface area (Å²) in [7, 11) is -2.15. The molecule has 2 heteroatoms. The summed E-state index contributed by atoms with van der Waals surface area (Å²) in [5.74, 6) is 0. The van der Waals surface area contributed by atoms with E-state index in [0.717, 1.165) is 5.54 Å². The molecule has 0 amide bonds. The molecule has 82 valence electrons. The van der Waals surface area contributed by atoms with E-state index in [1.54, 1.807) is 0 Å². The van der Waals surface area contributed by atoms with Gasteiger partial charge in [0.2, 0.25) is 0 Å². The van der Waals surface area contributed by atoms with Gasteiger partial charge in [0.25, 0.3) is 0 Å². The van der Waals surface area contributed by atoms with Crippen molar-refractivity contribution < 1.29 is 0 Å². The largest absolute Gasteiger partial charge is 0.0998 e. The van der Waals surface area contributed by atoms with Gasteiger partial charge in [0.1, 0.15) is 0 Å². The molecular weight excluding hydrogens is 200 g/mol. The van der Waals surface area contributed by atoms with Crippen LogP contribution in [0.1, 0.15) is 6.92 Å². The van der Waals surface area contributed by atoms with Crippen molar-refractivity contribution in [3.8, 4) is 0 Å². The predicted molar refractivity (Wildman–Crippen MR) is 74.4 cm³/mol. The molecule has 1 atom stereocenters. The summed E-state index contributed by atoms with van der Waals surface area (Å²) in [6.07, 6.45) is 4.64. The van der Waals surface area contributed by atoms with Crippen LogP contribution in [0.4, 0.5) is 0 Å². The lowest BCUT2D eigenvalue weighted by Gasteiger charge is -2.23. The van der Waals surface area contributed by atoms with E-state index in [2.05, 4.69) is 64.9 Å². The van der Waals surface area contributed by atoms with Crippen molar-refractivity contribution in [3.05, 3.63) is 23.9 Å². The summed E-state index contributed by atoms with van der Waals surface area (Å²) in [6, 6.07) is 0. The maximum absolute atomic E-state index is 4.17. The third-order valence-corrected chi connectivity index (χ3v) is 7.93. The molecule has 0 N–H and O–H groups in total. The molecule has 0 nitrogen and oxygen atoms in total. The smallest absolute Gasteiger partial charge is 0.0768 e. The second-order valence-corrected chi connectivity index (χ2v) is 17.1. The van der Waals surface area contributed by atoms with Gasteiger partial charge in [0, 0.05) is 0 Å². The van der Waals surface area contributed by atoms with Crippen molar-refractivity contribution in [2.45, 2.75) is 51.7 Å². The molecule has 0 radical (unpaired) electrons. The molecule has 0 saturated carbocycles. The van der Waals surface area contributed by atoms with Crippen molar-refractivity contribution in [1.29, 1.82) is 0 Å². The van der Waals surface area contributed by atoms with Crippen molar-refractivity contribution >= 4 is 16.1 Å². The summed E-state index contributed by atoms with van der Waals surface area (Å²) in [5.41, 5.74) is 0.746. The highest BCUT2D eigenvalue weighted by Crippen LogP contribution is 2.23. The normalized spacial score (nSPS) is 15.9. The fourth-order valence-electron chi connectivity index (χ4n) is 0.799. The van der Waals surface area contributed by atoms with Gasteiger partial charge in [-0.3, -0.25) is 0 Å². The Hall–Kier alpha value is -0.0862. The fourth-order valence-corrected chi connectivity index (χ4v) is 2.07. The molecule has 0 aromatic rings. The Kier molecular flexibility index (Phi) is 4.59. The summed E-state index contributed by atoms with van der Waals surface area (Å²) < 4.78 is 0. The van der Waals surface area contributed by atoms with Crippen LogP contribution in [0.2, 0.25) is 44.8 Å². The Morgan fingerprint density at radius 1 is 1.07 bits per heavy atom. The minimum atomic E-state index is -1.15. The molecular formula is C12H26Si2. The second kappa shape index (κ2) is 4.62. The van der Waals surface area contributed by atoms with Crippen LogP contribution in [-0.2, 0) is 0 Å². The Bertz CT molecular complexity index is 226. The molecule has 14 heavy (non-hydrogen) atoms. The molecule has 0 fully saturated rings. The minimum Gasteiger partial charge on any atom is -0.0998 e. The van der Waals surface area contributed by atoms with Crippen LogP contribution in [0, 0.1) is 0 Å². The standard InChI is InChI=1S/C12H26Si2/c1-11(13(3,4)5)9-10-12(2)14(6,7)8/h9-10,12H,1H2,2-8H3/b10-9+. The van der Waals surface area contributed by atoms with E-state index in [-0.39, 0.29) is 0 Å². The van der Waals surface area contributed by atoms with Crippen molar-refractivity contribution in [1.82, 2.24) is 0 Å². The first-order valence-electron chi connectivity index (χ1n) is 5.42. The fraction of sp³-hybridized carbons (Fsp3) is 0.667. The monoisotopic (exact) mass is 226 g/mol. The molecule has 0 heterocycles. The maximum atomic E-state index is 4.17. The van der Waals surface area contributed by atoms with E-state index >= 15 is 0 Å². The number of allylic oxidation sites excluding steroid dienone is 3. The Morgan fingerprint density at radius 2 is 1.50 bits per heavy atom. The van der Waals surface area contributed by atoms with Crippen LogP contribution in [-0.4, -0.2) is 16.1 Å². The first-order chi connectivity index (χ1) is 6.05. The molecule has 0 bridgehead atoms. The number of hydrogen-bond acceptors (Lipinski definition) is 0. The second-order valence-electron chi connectivity index (χ2n) is 6.29. The summed E-state index contributed by atoms with van der Waals surface area (Å²) >= 11 is 0. The molecule has 0 aliphatic rings. The highest BCUT2D eigenvalue weighted by Gasteiger charge is 2.20. The highest BCUT2D eigenvalue weighted by molar-refractivity contribution is 6.83. The number of hydrogen-bond donors (Lipinski definition) is 0. The minimum absolute atomic E-state index is 0.746.